The standard InChI is InChI=1S/C24H18ClF3N2O3/c25-19-4-2-1-3-17(19)16-7-6-15(12-18(16)24(26,27)28)23-30-20-11-14(5-8-21(20)33-23)13-29-10-9-22(31)32/h1-8,11-12,29H,9-10,13H2,(H,31,32). The fourth-order valence-corrected chi connectivity index (χ4v) is 3.70. The van der Waals surface area contributed by atoms with E-state index in [1.165, 1.54) is 18.2 Å². The fourth-order valence-electron chi connectivity index (χ4n) is 3.46. The van der Waals surface area contributed by atoms with E-state index < -0.39 is 17.7 Å². The Hall–Kier alpha value is -3.36. The van der Waals surface area contributed by atoms with Gasteiger partial charge in [-0.15, -0.1) is 0 Å². The second-order valence-electron chi connectivity index (χ2n) is 7.38. The van der Waals surface area contributed by atoms with Crippen LogP contribution in [0.4, 0.5) is 13.2 Å². The summed E-state index contributed by atoms with van der Waals surface area (Å²) in [6, 6.07) is 15.5. The molecule has 2 N–H and O–H groups in total. The molecule has 0 atom stereocenters. The number of fused-ring (bicyclic) bond motifs is 1. The van der Waals surface area contributed by atoms with Gasteiger partial charge in [-0.1, -0.05) is 41.9 Å². The third-order valence-corrected chi connectivity index (χ3v) is 5.36. The molecule has 0 aliphatic heterocycles. The van der Waals surface area contributed by atoms with Gasteiger partial charge in [-0.25, -0.2) is 4.98 Å². The first-order valence-corrected chi connectivity index (χ1v) is 10.4. The van der Waals surface area contributed by atoms with Crippen molar-refractivity contribution in [2.24, 2.45) is 0 Å². The van der Waals surface area contributed by atoms with Crippen molar-refractivity contribution in [3.8, 4) is 22.6 Å². The van der Waals surface area contributed by atoms with Crippen molar-refractivity contribution in [1.82, 2.24) is 10.3 Å². The molecule has 1 heterocycles. The number of benzene rings is 3. The number of alkyl halides is 3. The first kappa shape index (κ1) is 22.8. The van der Waals surface area contributed by atoms with Gasteiger partial charge in [0, 0.05) is 29.2 Å². The van der Waals surface area contributed by atoms with Crippen molar-refractivity contribution in [2.75, 3.05) is 6.54 Å². The minimum absolute atomic E-state index is 0.00206. The van der Waals surface area contributed by atoms with Gasteiger partial charge in [0.25, 0.3) is 0 Å². The number of nitrogens with one attached hydrogen (secondary N) is 1. The van der Waals surface area contributed by atoms with Gasteiger partial charge in [0.1, 0.15) is 5.52 Å². The molecule has 0 radical (unpaired) electrons. The highest BCUT2D eigenvalue weighted by molar-refractivity contribution is 6.33. The number of halogens is 4. The van der Waals surface area contributed by atoms with Crippen molar-refractivity contribution >= 4 is 28.7 Å². The molecule has 0 amide bonds. The Labute approximate surface area is 191 Å². The predicted octanol–water partition coefficient (Wildman–Crippen LogP) is 6.40. The van der Waals surface area contributed by atoms with Crippen molar-refractivity contribution in [3.63, 3.8) is 0 Å². The molecule has 170 valence electrons. The summed E-state index contributed by atoms with van der Waals surface area (Å²) < 4.78 is 47.3. The lowest BCUT2D eigenvalue weighted by molar-refractivity contribution is -0.137. The number of hydrogen-bond donors (Lipinski definition) is 2. The molecular formula is C24H18ClF3N2O3. The molecule has 4 aromatic rings. The quantitative estimate of drug-likeness (QED) is 0.303. The minimum atomic E-state index is -4.61. The number of carbonyl (C=O) groups is 1. The maximum Gasteiger partial charge on any atom is 0.417 e. The number of hydrogen-bond acceptors (Lipinski definition) is 4. The smallest absolute Gasteiger partial charge is 0.417 e. The van der Waals surface area contributed by atoms with Crippen LogP contribution < -0.4 is 5.32 Å². The molecule has 4 rings (SSSR count). The molecule has 0 spiro atoms. The van der Waals surface area contributed by atoms with E-state index in [2.05, 4.69) is 10.3 Å². The Bertz CT molecular complexity index is 1320. The van der Waals surface area contributed by atoms with E-state index >= 15 is 0 Å². The molecule has 0 saturated heterocycles. The van der Waals surface area contributed by atoms with E-state index in [9.17, 15) is 18.0 Å². The van der Waals surface area contributed by atoms with E-state index in [1.807, 2.05) is 0 Å². The van der Waals surface area contributed by atoms with Gasteiger partial charge < -0.3 is 14.8 Å². The lowest BCUT2D eigenvalue weighted by atomic mass is 9.97. The normalized spacial score (nSPS) is 11.8. The number of aliphatic carboxylic acids is 1. The average molecular weight is 475 g/mol. The third kappa shape index (κ3) is 5.18. The largest absolute Gasteiger partial charge is 0.481 e. The van der Waals surface area contributed by atoms with Gasteiger partial charge in [-0.3, -0.25) is 4.79 Å². The summed E-state index contributed by atoms with van der Waals surface area (Å²) in [4.78, 5) is 14.9. The molecule has 0 fully saturated rings. The highest BCUT2D eigenvalue weighted by Crippen LogP contribution is 2.41. The number of oxazole rings is 1. The van der Waals surface area contributed by atoms with Gasteiger partial charge >= 0.3 is 12.1 Å². The molecule has 5 nitrogen and oxygen atoms in total. The average Bonchev–Trinajstić information content (AvgIpc) is 3.19. The van der Waals surface area contributed by atoms with Crippen LogP contribution in [0.1, 0.15) is 17.5 Å². The monoisotopic (exact) mass is 474 g/mol. The van der Waals surface area contributed by atoms with Crippen LogP contribution in [-0.4, -0.2) is 22.6 Å². The molecule has 0 aliphatic rings. The Morgan fingerprint density at radius 3 is 2.58 bits per heavy atom. The van der Waals surface area contributed by atoms with Crippen LogP contribution in [0, 0.1) is 0 Å². The lowest BCUT2D eigenvalue weighted by Crippen LogP contribution is -2.17. The maximum absolute atomic E-state index is 13.9. The number of aromatic nitrogens is 1. The fraction of sp³-hybridized carbons (Fsp3) is 0.167. The van der Waals surface area contributed by atoms with Crippen LogP contribution in [-0.2, 0) is 17.5 Å². The minimum Gasteiger partial charge on any atom is -0.481 e. The van der Waals surface area contributed by atoms with Crippen molar-refractivity contribution < 1.29 is 27.5 Å². The first-order valence-electron chi connectivity index (χ1n) is 10.0. The van der Waals surface area contributed by atoms with Gasteiger partial charge in [0.05, 0.1) is 12.0 Å². The van der Waals surface area contributed by atoms with Gasteiger partial charge in [0.15, 0.2) is 5.58 Å². The van der Waals surface area contributed by atoms with Gasteiger partial charge in [0.2, 0.25) is 5.89 Å². The Morgan fingerprint density at radius 2 is 1.85 bits per heavy atom. The second-order valence-corrected chi connectivity index (χ2v) is 7.79. The van der Waals surface area contributed by atoms with E-state index in [1.54, 1.807) is 36.4 Å². The van der Waals surface area contributed by atoms with Crippen molar-refractivity contribution in [1.29, 1.82) is 0 Å². The lowest BCUT2D eigenvalue weighted by Gasteiger charge is -2.15. The molecule has 0 unspecified atom stereocenters. The maximum atomic E-state index is 13.9. The summed E-state index contributed by atoms with van der Waals surface area (Å²) in [5.41, 5.74) is 1.39. The van der Waals surface area contributed by atoms with Crippen LogP contribution >= 0.6 is 11.6 Å². The summed E-state index contributed by atoms with van der Waals surface area (Å²) in [6.45, 7) is 0.742. The Morgan fingerprint density at radius 1 is 1.06 bits per heavy atom. The van der Waals surface area contributed by atoms with Crippen molar-refractivity contribution in [3.05, 3.63) is 76.8 Å². The predicted molar refractivity (Wildman–Crippen MR) is 119 cm³/mol. The molecule has 0 bridgehead atoms. The van der Waals surface area contributed by atoms with E-state index in [4.69, 9.17) is 21.1 Å². The third-order valence-electron chi connectivity index (χ3n) is 5.03. The zero-order valence-electron chi connectivity index (χ0n) is 17.1. The number of carboxylic acids is 1. The number of carboxylic acid groups (broad SMARTS) is 1. The highest BCUT2D eigenvalue weighted by atomic mass is 35.5. The summed E-state index contributed by atoms with van der Waals surface area (Å²) in [7, 11) is 0. The van der Waals surface area contributed by atoms with Crippen molar-refractivity contribution in [2.45, 2.75) is 19.1 Å². The second kappa shape index (κ2) is 9.25. The molecular weight excluding hydrogens is 457 g/mol. The van der Waals surface area contributed by atoms with E-state index in [-0.39, 0.29) is 34.0 Å². The SMILES string of the molecule is O=C(O)CCNCc1ccc2oc(-c3ccc(-c4ccccc4Cl)c(C(F)(F)F)c3)nc2c1. The molecule has 0 saturated carbocycles. The van der Waals surface area contributed by atoms with Crippen LogP contribution in [0.3, 0.4) is 0 Å². The van der Waals surface area contributed by atoms with Crippen LogP contribution in [0.5, 0.6) is 0 Å². The Kier molecular flexibility index (Phi) is 6.40. The summed E-state index contributed by atoms with van der Waals surface area (Å²) in [5, 5.41) is 11.9. The van der Waals surface area contributed by atoms with Gasteiger partial charge in [-0.05, 0) is 41.5 Å². The summed E-state index contributed by atoms with van der Waals surface area (Å²) >= 11 is 6.13. The zero-order chi connectivity index (χ0) is 23.6. The molecule has 3 aromatic carbocycles. The van der Waals surface area contributed by atoms with Crippen LogP contribution in [0.2, 0.25) is 5.02 Å². The zero-order valence-corrected chi connectivity index (χ0v) is 17.9. The molecule has 1 aromatic heterocycles. The van der Waals surface area contributed by atoms with Gasteiger partial charge in [-0.2, -0.15) is 13.2 Å². The first-order chi connectivity index (χ1) is 15.7. The molecule has 9 heteroatoms. The van der Waals surface area contributed by atoms with E-state index in [0.717, 1.165) is 11.6 Å². The molecule has 0 aliphatic carbocycles. The van der Waals surface area contributed by atoms with Crippen LogP contribution in [0.15, 0.2) is 65.1 Å². The topological polar surface area (TPSA) is 75.4 Å². The number of rotatable bonds is 7. The number of nitrogens with zero attached hydrogens (tertiary/aromatic N) is 1. The molecule has 33 heavy (non-hydrogen) atoms. The van der Waals surface area contributed by atoms with E-state index in [0.29, 0.717) is 24.2 Å². The summed E-state index contributed by atoms with van der Waals surface area (Å²) in [6.07, 6.45) is -4.60. The summed E-state index contributed by atoms with van der Waals surface area (Å²) in [5.74, 6) is -0.824. The van der Waals surface area contributed by atoms with Crippen LogP contribution in [0.25, 0.3) is 33.7 Å². The highest BCUT2D eigenvalue weighted by Gasteiger charge is 2.34. The Balaban J connectivity index is 1.66.